The number of Topliss-reactive ketones (excluding diaryl/α,β-unsaturated/α-hetero) is 1. The van der Waals surface area contributed by atoms with Crippen molar-refractivity contribution in [1.29, 1.82) is 0 Å². The summed E-state index contributed by atoms with van der Waals surface area (Å²) in [6.07, 6.45) is 7.27. The molecular formula is C13H14O. The van der Waals surface area contributed by atoms with Gasteiger partial charge < -0.3 is 0 Å². The molecule has 1 aliphatic carbocycles. The molecule has 1 unspecified atom stereocenters. The summed E-state index contributed by atoms with van der Waals surface area (Å²) >= 11 is 0. The third kappa shape index (κ3) is 2.11. The lowest BCUT2D eigenvalue weighted by molar-refractivity contribution is 0.0969. The van der Waals surface area contributed by atoms with Crippen LogP contribution in [0.15, 0.2) is 42.5 Å². The third-order valence-corrected chi connectivity index (χ3v) is 2.66. The van der Waals surface area contributed by atoms with Gasteiger partial charge in [-0.15, -0.1) is 0 Å². The molecule has 0 bridgehead atoms. The summed E-state index contributed by atoms with van der Waals surface area (Å²) in [6.45, 7) is 0. The lowest BCUT2D eigenvalue weighted by atomic mass is 9.98. The predicted molar refractivity (Wildman–Crippen MR) is 57.3 cm³/mol. The van der Waals surface area contributed by atoms with Gasteiger partial charge in [-0.25, -0.2) is 0 Å². The van der Waals surface area contributed by atoms with Gasteiger partial charge in [-0.05, 0) is 18.8 Å². The molecule has 2 rings (SSSR count). The molecule has 1 aromatic carbocycles. The van der Waals surface area contributed by atoms with Crippen molar-refractivity contribution in [2.45, 2.75) is 19.3 Å². The van der Waals surface area contributed by atoms with Gasteiger partial charge in [-0.1, -0.05) is 42.5 Å². The van der Waals surface area contributed by atoms with E-state index in [-0.39, 0.29) is 5.78 Å². The monoisotopic (exact) mass is 186 g/mol. The standard InChI is InChI=1S/C13H14O/c14-13(10-11-6-4-5-7-11)12-8-2-1-3-9-12/h1-4,6,8-9,11H,5,7,10H2. The van der Waals surface area contributed by atoms with Crippen LogP contribution in [-0.2, 0) is 0 Å². The quantitative estimate of drug-likeness (QED) is 0.523. The topological polar surface area (TPSA) is 17.1 Å². The fraction of sp³-hybridized carbons (Fsp3) is 0.308. The van der Waals surface area contributed by atoms with E-state index in [4.69, 9.17) is 0 Å². The molecule has 0 N–H and O–H groups in total. The van der Waals surface area contributed by atoms with E-state index in [2.05, 4.69) is 12.2 Å². The van der Waals surface area contributed by atoms with E-state index < -0.39 is 0 Å². The van der Waals surface area contributed by atoms with Crippen LogP contribution in [0.4, 0.5) is 0 Å². The van der Waals surface area contributed by atoms with Gasteiger partial charge in [0.2, 0.25) is 0 Å². The predicted octanol–water partition coefficient (Wildman–Crippen LogP) is 3.23. The number of carbonyl (C=O) groups is 1. The highest BCUT2D eigenvalue weighted by Gasteiger charge is 2.14. The molecule has 0 fully saturated rings. The van der Waals surface area contributed by atoms with Crippen LogP contribution in [0.3, 0.4) is 0 Å². The van der Waals surface area contributed by atoms with Crippen LogP contribution in [0.25, 0.3) is 0 Å². The van der Waals surface area contributed by atoms with Gasteiger partial charge in [0.05, 0.1) is 0 Å². The molecule has 1 atom stereocenters. The highest BCUT2D eigenvalue weighted by molar-refractivity contribution is 5.96. The van der Waals surface area contributed by atoms with Crippen LogP contribution in [0.5, 0.6) is 0 Å². The summed E-state index contributed by atoms with van der Waals surface area (Å²) in [5.41, 5.74) is 0.841. The Kier molecular flexibility index (Phi) is 2.78. The van der Waals surface area contributed by atoms with Gasteiger partial charge in [-0.3, -0.25) is 4.79 Å². The summed E-state index contributed by atoms with van der Waals surface area (Å²) in [5.74, 6) is 0.741. The summed E-state index contributed by atoms with van der Waals surface area (Å²) in [6, 6.07) is 9.55. The Labute approximate surface area is 84.5 Å². The van der Waals surface area contributed by atoms with Crippen LogP contribution >= 0.6 is 0 Å². The van der Waals surface area contributed by atoms with Crippen LogP contribution in [0, 0.1) is 5.92 Å². The van der Waals surface area contributed by atoms with Crippen molar-refractivity contribution in [3.05, 3.63) is 48.0 Å². The van der Waals surface area contributed by atoms with Gasteiger partial charge in [-0.2, -0.15) is 0 Å². The van der Waals surface area contributed by atoms with E-state index in [0.29, 0.717) is 12.3 Å². The first-order valence-electron chi connectivity index (χ1n) is 5.11. The van der Waals surface area contributed by atoms with Crippen LogP contribution < -0.4 is 0 Å². The summed E-state index contributed by atoms with van der Waals surface area (Å²) in [4.78, 5) is 11.8. The Morgan fingerprint density at radius 1 is 1.29 bits per heavy atom. The Morgan fingerprint density at radius 3 is 2.71 bits per heavy atom. The molecule has 0 amide bonds. The number of allylic oxidation sites excluding steroid dienone is 2. The fourth-order valence-corrected chi connectivity index (χ4v) is 1.85. The lowest BCUT2D eigenvalue weighted by Gasteiger charge is -2.05. The molecule has 0 aliphatic heterocycles. The molecule has 0 saturated carbocycles. The molecule has 14 heavy (non-hydrogen) atoms. The fourth-order valence-electron chi connectivity index (χ4n) is 1.85. The van der Waals surface area contributed by atoms with Crippen molar-refractivity contribution in [2.75, 3.05) is 0 Å². The van der Waals surface area contributed by atoms with Crippen molar-refractivity contribution in [1.82, 2.24) is 0 Å². The second-order valence-electron chi connectivity index (χ2n) is 3.76. The molecule has 1 nitrogen and oxygen atoms in total. The molecular weight excluding hydrogens is 172 g/mol. The first-order valence-corrected chi connectivity index (χ1v) is 5.11. The zero-order chi connectivity index (χ0) is 9.80. The van der Waals surface area contributed by atoms with Crippen molar-refractivity contribution < 1.29 is 4.79 Å². The molecule has 72 valence electrons. The second kappa shape index (κ2) is 4.23. The summed E-state index contributed by atoms with van der Waals surface area (Å²) in [5, 5.41) is 0. The molecule has 1 aromatic rings. The highest BCUT2D eigenvalue weighted by atomic mass is 16.1. The third-order valence-electron chi connectivity index (χ3n) is 2.66. The lowest BCUT2D eigenvalue weighted by Crippen LogP contribution is -2.04. The molecule has 0 saturated heterocycles. The average molecular weight is 186 g/mol. The van der Waals surface area contributed by atoms with E-state index >= 15 is 0 Å². The molecule has 1 heteroatoms. The van der Waals surface area contributed by atoms with Gasteiger partial charge in [0.25, 0.3) is 0 Å². The van der Waals surface area contributed by atoms with Crippen molar-refractivity contribution in [3.8, 4) is 0 Å². The average Bonchev–Trinajstić information content (AvgIpc) is 2.72. The number of carbonyl (C=O) groups excluding carboxylic acids is 1. The van der Waals surface area contributed by atoms with Crippen LogP contribution in [0.1, 0.15) is 29.6 Å². The van der Waals surface area contributed by atoms with Crippen molar-refractivity contribution in [2.24, 2.45) is 5.92 Å². The maximum atomic E-state index is 11.8. The smallest absolute Gasteiger partial charge is 0.163 e. The first-order chi connectivity index (χ1) is 6.86. The number of rotatable bonds is 3. The number of hydrogen-bond donors (Lipinski definition) is 0. The molecule has 0 radical (unpaired) electrons. The van der Waals surface area contributed by atoms with Crippen LogP contribution in [-0.4, -0.2) is 5.78 Å². The van der Waals surface area contributed by atoms with Crippen LogP contribution in [0.2, 0.25) is 0 Å². The Balaban J connectivity index is 1.99. The molecule has 1 aliphatic rings. The second-order valence-corrected chi connectivity index (χ2v) is 3.76. The Morgan fingerprint density at radius 2 is 2.07 bits per heavy atom. The van der Waals surface area contributed by atoms with Gasteiger partial charge >= 0.3 is 0 Å². The normalized spacial score (nSPS) is 19.9. The minimum atomic E-state index is 0.266. The number of hydrogen-bond acceptors (Lipinski definition) is 1. The molecule has 0 spiro atoms. The molecule has 0 heterocycles. The highest BCUT2D eigenvalue weighted by Crippen LogP contribution is 2.22. The summed E-state index contributed by atoms with van der Waals surface area (Å²) in [7, 11) is 0. The first kappa shape index (κ1) is 9.20. The Bertz CT molecular complexity index is 338. The van der Waals surface area contributed by atoms with Crippen molar-refractivity contribution in [3.63, 3.8) is 0 Å². The van der Waals surface area contributed by atoms with E-state index in [1.54, 1.807) is 0 Å². The SMILES string of the molecule is O=C(CC1C=CCC1)c1ccccc1. The number of ketones is 1. The molecule has 0 aromatic heterocycles. The zero-order valence-corrected chi connectivity index (χ0v) is 8.15. The minimum absolute atomic E-state index is 0.266. The maximum absolute atomic E-state index is 11.8. The van der Waals surface area contributed by atoms with E-state index in [1.807, 2.05) is 30.3 Å². The van der Waals surface area contributed by atoms with Gasteiger partial charge in [0.1, 0.15) is 0 Å². The Hall–Kier alpha value is -1.37. The van der Waals surface area contributed by atoms with E-state index in [9.17, 15) is 4.79 Å². The van der Waals surface area contributed by atoms with Gasteiger partial charge in [0.15, 0.2) is 5.78 Å². The largest absolute Gasteiger partial charge is 0.294 e. The van der Waals surface area contributed by atoms with E-state index in [1.165, 1.54) is 0 Å². The number of benzene rings is 1. The van der Waals surface area contributed by atoms with E-state index in [0.717, 1.165) is 18.4 Å². The minimum Gasteiger partial charge on any atom is -0.294 e. The maximum Gasteiger partial charge on any atom is 0.163 e. The van der Waals surface area contributed by atoms with Gasteiger partial charge in [0, 0.05) is 12.0 Å². The summed E-state index contributed by atoms with van der Waals surface area (Å²) < 4.78 is 0. The zero-order valence-electron chi connectivity index (χ0n) is 8.15. The van der Waals surface area contributed by atoms with Crippen molar-refractivity contribution >= 4 is 5.78 Å².